The van der Waals surface area contributed by atoms with Crippen LogP contribution < -0.4 is 0 Å². The lowest BCUT2D eigenvalue weighted by molar-refractivity contribution is 0.0299. The molecule has 0 saturated carbocycles. The van der Waals surface area contributed by atoms with E-state index in [9.17, 15) is 13.9 Å². The summed E-state index contributed by atoms with van der Waals surface area (Å²) in [6.45, 7) is 9.84. The van der Waals surface area contributed by atoms with E-state index < -0.39 is 6.43 Å². The number of hydrogen-bond donors (Lipinski definition) is 1. The average molecular weight is 281 g/mol. The van der Waals surface area contributed by atoms with Crippen LogP contribution in [0.15, 0.2) is 12.1 Å². The lowest BCUT2D eigenvalue weighted by Gasteiger charge is -2.38. The fraction of sp³-hybridized carbons (Fsp3) is 0.600. The summed E-state index contributed by atoms with van der Waals surface area (Å²) in [5.74, 6) is -0.222. The normalized spacial score (nSPS) is 23.9. The predicted molar refractivity (Wildman–Crippen MR) is 75.2 cm³/mol. The van der Waals surface area contributed by atoms with Gasteiger partial charge in [-0.1, -0.05) is 13.8 Å². The monoisotopic (exact) mass is 281 g/mol. The Balaban J connectivity index is 2.50. The molecule has 1 aromatic carbocycles. The van der Waals surface area contributed by atoms with Gasteiger partial charge in [0.15, 0.2) is 0 Å². The number of rotatable bonds is 2. The molecule has 1 radical (unpaired) electrons. The van der Waals surface area contributed by atoms with Gasteiger partial charge in [0.1, 0.15) is 5.75 Å². The third kappa shape index (κ3) is 2.22. The van der Waals surface area contributed by atoms with Crippen molar-refractivity contribution in [3.63, 3.8) is 0 Å². The first-order chi connectivity index (χ1) is 9.08. The molecule has 0 spiro atoms. The number of hydrogen-bond acceptors (Lipinski definition) is 2. The Hall–Kier alpha value is -1.10. The quantitative estimate of drug-likeness (QED) is 0.826. The van der Waals surface area contributed by atoms with Crippen LogP contribution in [0.2, 0.25) is 0 Å². The van der Waals surface area contributed by atoms with Gasteiger partial charge in [-0.3, -0.25) is 0 Å². The summed E-state index contributed by atoms with van der Waals surface area (Å²) in [7, 11) is 1.71. The molecule has 0 amide bonds. The van der Waals surface area contributed by atoms with Crippen molar-refractivity contribution >= 4 is 7.48 Å². The fourth-order valence-electron chi connectivity index (χ4n) is 2.70. The second kappa shape index (κ2) is 4.73. The van der Waals surface area contributed by atoms with Gasteiger partial charge in [0.05, 0.1) is 5.60 Å². The van der Waals surface area contributed by atoms with Gasteiger partial charge in [0.25, 0.3) is 6.43 Å². The molecule has 1 unspecified atom stereocenters. The summed E-state index contributed by atoms with van der Waals surface area (Å²) in [5, 5.41) is 10.2. The highest BCUT2D eigenvalue weighted by Gasteiger charge is 2.52. The van der Waals surface area contributed by atoms with E-state index >= 15 is 0 Å². The molecule has 1 heterocycles. The van der Waals surface area contributed by atoms with E-state index in [-0.39, 0.29) is 28.1 Å². The Kier molecular flexibility index (Phi) is 3.61. The van der Waals surface area contributed by atoms with Crippen LogP contribution in [0.5, 0.6) is 5.75 Å². The third-order valence-corrected chi connectivity index (χ3v) is 4.78. The number of halogens is 2. The summed E-state index contributed by atoms with van der Waals surface area (Å²) in [5.41, 5.74) is 0.556. The lowest BCUT2D eigenvalue weighted by Crippen LogP contribution is -2.37. The topological polar surface area (TPSA) is 29.5 Å². The van der Waals surface area contributed by atoms with Crippen LogP contribution in [-0.2, 0) is 4.65 Å². The molecular weight excluding hydrogens is 261 g/mol. The van der Waals surface area contributed by atoms with Gasteiger partial charge >= 0.3 is 7.48 Å². The molecule has 0 aromatic heterocycles. The molecule has 1 aliphatic heterocycles. The van der Waals surface area contributed by atoms with E-state index in [1.807, 2.05) is 13.8 Å². The first kappa shape index (κ1) is 15.3. The van der Waals surface area contributed by atoms with E-state index in [4.69, 9.17) is 4.65 Å². The largest absolute Gasteiger partial charge is 0.508 e. The van der Waals surface area contributed by atoms with Crippen molar-refractivity contribution in [2.45, 2.75) is 52.5 Å². The van der Waals surface area contributed by atoms with Crippen LogP contribution in [0.1, 0.15) is 56.6 Å². The van der Waals surface area contributed by atoms with Gasteiger partial charge < -0.3 is 9.76 Å². The van der Waals surface area contributed by atoms with E-state index in [1.165, 1.54) is 6.07 Å². The zero-order chi connectivity index (χ0) is 15.3. The van der Waals surface area contributed by atoms with E-state index in [0.717, 1.165) is 6.07 Å². The van der Waals surface area contributed by atoms with Crippen LogP contribution in [0.3, 0.4) is 0 Å². The van der Waals surface area contributed by atoms with Crippen molar-refractivity contribution < 1.29 is 18.5 Å². The molecule has 20 heavy (non-hydrogen) atoms. The third-order valence-electron chi connectivity index (χ3n) is 4.78. The number of alkyl halides is 2. The van der Waals surface area contributed by atoms with Crippen molar-refractivity contribution in [1.82, 2.24) is 0 Å². The van der Waals surface area contributed by atoms with Crippen LogP contribution >= 0.6 is 0 Å². The number of phenolic OH excluding ortho intramolecular Hbond substituents is 1. The summed E-state index contributed by atoms with van der Waals surface area (Å²) >= 11 is 0. The first-order valence-electron chi connectivity index (χ1n) is 6.70. The zero-order valence-corrected chi connectivity index (χ0v) is 12.5. The van der Waals surface area contributed by atoms with Gasteiger partial charge in [0, 0.05) is 5.56 Å². The Morgan fingerprint density at radius 2 is 1.85 bits per heavy atom. The zero-order valence-electron chi connectivity index (χ0n) is 12.5. The van der Waals surface area contributed by atoms with Crippen LogP contribution in [0.25, 0.3) is 0 Å². The van der Waals surface area contributed by atoms with Crippen LogP contribution in [0, 0.1) is 12.3 Å². The summed E-state index contributed by atoms with van der Waals surface area (Å²) in [4.78, 5) is 0. The number of phenols is 1. The maximum atomic E-state index is 12.8. The highest BCUT2D eigenvalue weighted by atomic mass is 19.3. The van der Waals surface area contributed by atoms with Crippen LogP contribution in [0.4, 0.5) is 8.78 Å². The van der Waals surface area contributed by atoms with Gasteiger partial charge in [0.2, 0.25) is 0 Å². The van der Waals surface area contributed by atoms with Gasteiger partial charge in [-0.15, -0.1) is 0 Å². The van der Waals surface area contributed by atoms with E-state index in [1.54, 1.807) is 14.4 Å². The second-order valence-electron chi connectivity index (χ2n) is 6.53. The fourth-order valence-corrected chi connectivity index (χ4v) is 2.70. The maximum Gasteiger partial charge on any atom is 0.302 e. The molecule has 1 fully saturated rings. The van der Waals surface area contributed by atoms with Gasteiger partial charge in [-0.2, -0.15) is 0 Å². The molecule has 109 valence electrons. The molecule has 1 N–H and O–H groups in total. The molecule has 0 bridgehead atoms. The van der Waals surface area contributed by atoms with Crippen molar-refractivity contribution in [2.75, 3.05) is 0 Å². The Morgan fingerprint density at radius 1 is 1.25 bits per heavy atom. The molecule has 1 atom stereocenters. The van der Waals surface area contributed by atoms with E-state index in [0.29, 0.717) is 11.1 Å². The number of benzene rings is 1. The molecule has 2 nitrogen and oxygen atoms in total. The standard InChI is InChI=1S/C15H20BF2O2/c1-8-6-9(13(17)18)7-10(19)11(8)12-14(2,3)15(4,5)20-16-12/h6-7,12-13,19H,1-5H3. The Bertz CT molecular complexity index is 504. The van der Waals surface area contributed by atoms with Crippen molar-refractivity contribution in [2.24, 2.45) is 5.41 Å². The minimum absolute atomic E-state index is 0.0871. The van der Waals surface area contributed by atoms with E-state index in [2.05, 4.69) is 13.8 Å². The summed E-state index contributed by atoms with van der Waals surface area (Å²) in [6.07, 6.45) is -2.58. The lowest BCUT2D eigenvalue weighted by atomic mass is 9.58. The molecule has 0 aliphatic carbocycles. The highest BCUT2D eigenvalue weighted by Crippen LogP contribution is 2.53. The minimum atomic E-state index is -2.58. The summed E-state index contributed by atoms with van der Waals surface area (Å²) in [6, 6.07) is 2.59. The van der Waals surface area contributed by atoms with Gasteiger partial charge in [-0.25, -0.2) is 8.78 Å². The molecule has 1 aliphatic rings. The molecular formula is C15H20BF2O2. The Morgan fingerprint density at radius 3 is 2.25 bits per heavy atom. The predicted octanol–water partition coefficient (Wildman–Crippen LogP) is 4.13. The molecule has 1 saturated heterocycles. The first-order valence-corrected chi connectivity index (χ1v) is 6.70. The van der Waals surface area contributed by atoms with Crippen molar-refractivity contribution in [3.05, 3.63) is 28.8 Å². The highest BCUT2D eigenvalue weighted by molar-refractivity contribution is 6.32. The SMILES string of the molecule is Cc1cc(C(F)F)cc(O)c1C1[B]OC(C)(C)C1(C)C. The second-order valence-corrected chi connectivity index (χ2v) is 6.53. The van der Waals surface area contributed by atoms with Crippen molar-refractivity contribution in [3.8, 4) is 5.75 Å². The van der Waals surface area contributed by atoms with Crippen molar-refractivity contribution in [1.29, 1.82) is 0 Å². The minimum Gasteiger partial charge on any atom is -0.508 e. The molecule has 2 rings (SSSR count). The smallest absolute Gasteiger partial charge is 0.302 e. The summed E-state index contributed by atoms with van der Waals surface area (Å²) < 4.78 is 31.3. The average Bonchev–Trinajstić information content (AvgIpc) is 2.50. The Labute approximate surface area is 119 Å². The molecule has 5 heteroatoms. The van der Waals surface area contributed by atoms with Crippen LogP contribution in [-0.4, -0.2) is 18.2 Å². The number of aromatic hydroxyl groups is 1. The molecule has 1 aromatic rings. The van der Waals surface area contributed by atoms with Gasteiger partial charge in [-0.05, 0) is 55.3 Å². The number of aryl methyl sites for hydroxylation is 1. The maximum absolute atomic E-state index is 12.8.